The Balaban J connectivity index is 1.38. The SMILES string of the molecule is CN=C(NCCC(=O)N1CCN(c2ccc(F)cc2)CC1)NCc1ccccc1C. The van der Waals surface area contributed by atoms with Gasteiger partial charge in [-0.05, 0) is 42.3 Å². The topological polar surface area (TPSA) is 60.0 Å². The number of hydrogen-bond donors (Lipinski definition) is 2. The van der Waals surface area contributed by atoms with E-state index >= 15 is 0 Å². The molecule has 30 heavy (non-hydrogen) atoms. The summed E-state index contributed by atoms with van der Waals surface area (Å²) in [5.41, 5.74) is 3.44. The minimum atomic E-state index is -0.233. The van der Waals surface area contributed by atoms with Crippen LogP contribution >= 0.6 is 0 Å². The summed E-state index contributed by atoms with van der Waals surface area (Å²) in [5, 5.41) is 6.50. The van der Waals surface area contributed by atoms with Crippen LogP contribution in [-0.2, 0) is 11.3 Å². The highest BCUT2D eigenvalue weighted by Gasteiger charge is 2.21. The quantitative estimate of drug-likeness (QED) is 0.567. The zero-order valence-electron chi connectivity index (χ0n) is 17.7. The number of carbonyl (C=O) groups is 1. The Labute approximate surface area is 177 Å². The van der Waals surface area contributed by atoms with Crippen LogP contribution in [0.1, 0.15) is 17.5 Å². The van der Waals surface area contributed by atoms with Crippen LogP contribution in [0.15, 0.2) is 53.5 Å². The van der Waals surface area contributed by atoms with Crippen molar-refractivity contribution >= 4 is 17.6 Å². The van der Waals surface area contributed by atoms with Crippen molar-refractivity contribution in [2.45, 2.75) is 19.9 Å². The maximum atomic E-state index is 13.1. The molecule has 6 nitrogen and oxygen atoms in total. The van der Waals surface area contributed by atoms with Gasteiger partial charge in [-0.1, -0.05) is 24.3 Å². The number of carbonyl (C=O) groups excluding carboxylic acids is 1. The monoisotopic (exact) mass is 411 g/mol. The number of piperazine rings is 1. The van der Waals surface area contributed by atoms with Crippen LogP contribution in [0, 0.1) is 12.7 Å². The van der Waals surface area contributed by atoms with Crippen LogP contribution < -0.4 is 15.5 Å². The van der Waals surface area contributed by atoms with Gasteiger partial charge in [0.05, 0.1) is 0 Å². The van der Waals surface area contributed by atoms with Gasteiger partial charge < -0.3 is 20.4 Å². The van der Waals surface area contributed by atoms with Crippen LogP contribution in [-0.4, -0.2) is 56.5 Å². The van der Waals surface area contributed by atoms with Crippen LogP contribution in [0.3, 0.4) is 0 Å². The second kappa shape index (κ2) is 10.6. The normalized spacial score (nSPS) is 14.6. The van der Waals surface area contributed by atoms with Crippen molar-refractivity contribution in [2.75, 3.05) is 44.7 Å². The number of anilines is 1. The minimum Gasteiger partial charge on any atom is -0.368 e. The van der Waals surface area contributed by atoms with Gasteiger partial charge in [0.25, 0.3) is 0 Å². The van der Waals surface area contributed by atoms with Crippen LogP contribution in [0.4, 0.5) is 10.1 Å². The highest BCUT2D eigenvalue weighted by molar-refractivity contribution is 5.81. The van der Waals surface area contributed by atoms with E-state index in [0.717, 1.165) is 18.8 Å². The fraction of sp³-hybridized carbons (Fsp3) is 0.391. The zero-order chi connectivity index (χ0) is 21.3. The van der Waals surface area contributed by atoms with Crippen molar-refractivity contribution in [3.8, 4) is 0 Å². The standard InChI is InChI=1S/C23H30FN5O/c1-18-5-3-4-6-19(18)17-27-23(25-2)26-12-11-22(30)29-15-13-28(14-16-29)21-9-7-20(24)8-10-21/h3-10H,11-17H2,1-2H3,(H2,25,26,27). The van der Waals surface area contributed by atoms with Crippen molar-refractivity contribution in [3.63, 3.8) is 0 Å². The first-order chi connectivity index (χ1) is 14.6. The predicted octanol–water partition coefficient (Wildman–Crippen LogP) is 2.54. The van der Waals surface area contributed by atoms with Gasteiger partial charge in [0.15, 0.2) is 5.96 Å². The summed E-state index contributed by atoms with van der Waals surface area (Å²) in [6, 6.07) is 14.7. The number of amides is 1. The lowest BCUT2D eigenvalue weighted by Gasteiger charge is -2.36. The van der Waals surface area contributed by atoms with Gasteiger partial charge >= 0.3 is 0 Å². The van der Waals surface area contributed by atoms with Crippen LogP contribution in [0.2, 0.25) is 0 Å². The number of nitrogens with one attached hydrogen (secondary N) is 2. The lowest BCUT2D eigenvalue weighted by atomic mass is 10.1. The summed E-state index contributed by atoms with van der Waals surface area (Å²) in [7, 11) is 1.73. The lowest BCUT2D eigenvalue weighted by molar-refractivity contribution is -0.131. The van der Waals surface area contributed by atoms with Crippen LogP contribution in [0.5, 0.6) is 0 Å². The number of guanidine groups is 1. The van der Waals surface area contributed by atoms with Crippen molar-refractivity contribution in [1.29, 1.82) is 0 Å². The molecule has 7 heteroatoms. The molecule has 0 radical (unpaired) electrons. The van der Waals surface area contributed by atoms with E-state index in [-0.39, 0.29) is 11.7 Å². The molecule has 0 aliphatic carbocycles. The molecular weight excluding hydrogens is 381 g/mol. The molecule has 2 N–H and O–H groups in total. The second-order valence-corrected chi connectivity index (χ2v) is 7.37. The summed E-state index contributed by atoms with van der Waals surface area (Å²) in [5.74, 6) is 0.589. The fourth-order valence-electron chi connectivity index (χ4n) is 3.52. The number of halogens is 1. The van der Waals surface area contributed by atoms with Gasteiger partial charge in [-0.2, -0.15) is 0 Å². The Bertz CT molecular complexity index is 860. The number of benzene rings is 2. The van der Waals surface area contributed by atoms with Gasteiger partial charge in [-0.25, -0.2) is 4.39 Å². The Kier molecular flexibility index (Phi) is 7.65. The number of rotatable bonds is 6. The summed E-state index contributed by atoms with van der Waals surface area (Å²) < 4.78 is 13.1. The molecule has 0 aromatic heterocycles. The number of aryl methyl sites for hydroxylation is 1. The number of nitrogens with zero attached hydrogens (tertiary/aromatic N) is 3. The maximum Gasteiger partial charge on any atom is 0.224 e. The molecule has 1 fully saturated rings. The predicted molar refractivity (Wildman–Crippen MR) is 119 cm³/mol. The van der Waals surface area contributed by atoms with Crippen molar-refractivity contribution < 1.29 is 9.18 Å². The molecule has 1 aliphatic rings. The second-order valence-electron chi connectivity index (χ2n) is 7.37. The van der Waals surface area contributed by atoms with E-state index in [1.165, 1.54) is 23.3 Å². The molecule has 1 heterocycles. The summed E-state index contributed by atoms with van der Waals surface area (Å²) in [4.78, 5) is 20.8. The van der Waals surface area contributed by atoms with E-state index in [1.54, 1.807) is 19.2 Å². The number of hydrogen-bond acceptors (Lipinski definition) is 3. The largest absolute Gasteiger partial charge is 0.368 e. The van der Waals surface area contributed by atoms with E-state index in [0.29, 0.717) is 38.6 Å². The zero-order valence-corrected chi connectivity index (χ0v) is 17.7. The Morgan fingerprint density at radius 3 is 2.40 bits per heavy atom. The average Bonchev–Trinajstić information content (AvgIpc) is 2.77. The maximum absolute atomic E-state index is 13.1. The third kappa shape index (κ3) is 5.95. The van der Waals surface area contributed by atoms with Gasteiger partial charge in [0.2, 0.25) is 5.91 Å². The van der Waals surface area contributed by atoms with Crippen molar-refractivity contribution in [2.24, 2.45) is 4.99 Å². The summed E-state index contributed by atoms with van der Waals surface area (Å²) >= 11 is 0. The molecule has 0 saturated carbocycles. The molecular formula is C23H30FN5O. The fourth-order valence-corrected chi connectivity index (χ4v) is 3.52. The highest BCUT2D eigenvalue weighted by Crippen LogP contribution is 2.17. The molecule has 1 amide bonds. The van der Waals surface area contributed by atoms with E-state index < -0.39 is 0 Å². The molecule has 0 unspecified atom stereocenters. The number of aliphatic imine (C=N–C) groups is 1. The smallest absolute Gasteiger partial charge is 0.224 e. The molecule has 2 aromatic rings. The molecule has 1 aliphatic heterocycles. The summed E-state index contributed by atoms with van der Waals surface area (Å²) in [6.45, 7) is 6.17. The van der Waals surface area contributed by atoms with E-state index in [1.807, 2.05) is 17.0 Å². The summed E-state index contributed by atoms with van der Waals surface area (Å²) in [6.07, 6.45) is 0.418. The highest BCUT2D eigenvalue weighted by atomic mass is 19.1. The molecule has 0 bridgehead atoms. The third-order valence-corrected chi connectivity index (χ3v) is 5.39. The van der Waals surface area contributed by atoms with Gasteiger partial charge in [0.1, 0.15) is 5.82 Å². The van der Waals surface area contributed by atoms with Crippen molar-refractivity contribution in [3.05, 3.63) is 65.5 Å². The molecule has 160 valence electrons. The Morgan fingerprint density at radius 1 is 1.03 bits per heavy atom. The first-order valence-electron chi connectivity index (χ1n) is 10.3. The van der Waals surface area contributed by atoms with E-state index in [9.17, 15) is 9.18 Å². The molecule has 0 spiro atoms. The third-order valence-electron chi connectivity index (χ3n) is 5.39. The van der Waals surface area contributed by atoms with Crippen LogP contribution in [0.25, 0.3) is 0 Å². The Morgan fingerprint density at radius 2 is 1.73 bits per heavy atom. The average molecular weight is 412 g/mol. The molecule has 3 rings (SSSR count). The molecule has 2 aromatic carbocycles. The first kappa shape index (κ1) is 21.6. The van der Waals surface area contributed by atoms with Gasteiger partial charge in [-0.15, -0.1) is 0 Å². The van der Waals surface area contributed by atoms with Gasteiger partial charge in [0, 0.05) is 58.4 Å². The van der Waals surface area contributed by atoms with E-state index in [2.05, 4.69) is 39.6 Å². The lowest BCUT2D eigenvalue weighted by Crippen LogP contribution is -2.49. The van der Waals surface area contributed by atoms with Gasteiger partial charge in [-0.3, -0.25) is 9.79 Å². The molecule has 1 saturated heterocycles. The van der Waals surface area contributed by atoms with Crippen molar-refractivity contribution in [1.82, 2.24) is 15.5 Å². The Hall–Kier alpha value is -3.09. The first-order valence-corrected chi connectivity index (χ1v) is 10.3. The molecule has 0 atom stereocenters. The van der Waals surface area contributed by atoms with E-state index in [4.69, 9.17) is 0 Å². The minimum absolute atomic E-state index is 0.135.